The zero-order valence-corrected chi connectivity index (χ0v) is 6.75. The minimum atomic E-state index is -4.45. The molecule has 0 fully saturated rings. The average Bonchev–Trinajstić information content (AvgIpc) is 2.14. The molecule has 0 saturated carbocycles. The minimum absolute atomic E-state index is 0.0794. The lowest BCUT2D eigenvalue weighted by Gasteiger charge is -2.07. The Labute approximate surface area is 76.9 Å². The van der Waals surface area contributed by atoms with Gasteiger partial charge in [-0.15, -0.1) is 5.10 Å². The summed E-state index contributed by atoms with van der Waals surface area (Å²) in [4.78, 5) is 0. The molecule has 0 aliphatic rings. The molecule has 0 saturated heterocycles. The van der Waals surface area contributed by atoms with Gasteiger partial charge >= 0.3 is 6.18 Å². The number of hydrogen-bond donors (Lipinski definition) is 0. The van der Waals surface area contributed by atoms with E-state index in [1.807, 2.05) is 0 Å². The van der Waals surface area contributed by atoms with E-state index < -0.39 is 18.7 Å². The maximum absolute atomic E-state index is 11.7. The molecule has 14 heavy (non-hydrogen) atoms. The van der Waals surface area contributed by atoms with Crippen molar-refractivity contribution in [2.75, 3.05) is 6.61 Å². The summed E-state index contributed by atoms with van der Waals surface area (Å²) in [5.74, 6) is -0.410. The predicted octanol–water partition coefficient (Wildman–Crippen LogP) is 1.29. The van der Waals surface area contributed by atoms with Crippen molar-refractivity contribution in [3.63, 3.8) is 0 Å². The van der Waals surface area contributed by atoms with Crippen LogP contribution in [0, 0.1) is 11.3 Å². The van der Waals surface area contributed by atoms with Gasteiger partial charge in [-0.05, 0) is 6.07 Å². The van der Waals surface area contributed by atoms with Crippen LogP contribution in [-0.4, -0.2) is 23.0 Å². The van der Waals surface area contributed by atoms with Crippen LogP contribution in [0.4, 0.5) is 13.2 Å². The Kier molecular flexibility index (Phi) is 2.86. The Morgan fingerprint density at radius 2 is 2.21 bits per heavy atom. The zero-order valence-electron chi connectivity index (χ0n) is 6.75. The van der Waals surface area contributed by atoms with Crippen molar-refractivity contribution in [1.29, 1.82) is 5.26 Å². The molecule has 74 valence electrons. The Hall–Kier alpha value is -1.84. The van der Waals surface area contributed by atoms with Gasteiger partial charge in [-0.3, -0.25) is 0 Å². The van der Waals surface area contributed by atoms with Crippen molar-refractivity contribution in [2.45, 2.75) is 6.18 Å². The van der Waals surface area contributed by atoms with Gasteiger partial charge in [0.15, 0.2) is 6.61 Å². The van der Waals surface area contributed by atoms with Gasteiger partial charge in [0.05, 0.1) is 6.20 Å². The van der Waals surface area contributed by atoms with E-state index in [1.54, 1.807) is 6.07 Å². The number of hydrogen-bond acceptors (Lipinski definition) is 4. The van der Waals surface area contributed by atoms with E-state index in [9.17, 15) is 13.2 Å². The lowest BCUT2D eigenvalue weighted by molar-refractivity contribution is -0.154. The summed E-state index contributed by atoms with van der Waals surface area (Å²) >= 11 is 0. The van der Waals surface area contributed by atoms with Gasteiger partial charge < -0.3 is 4.74 Å². The fourth-order valence-electron chi connectivity index (χ4n) is 0.661. The van der Waals surface area contributed by atoms with Gasteiger partial charge in [-0.25, -0.2) is 0 Å². The van der Waals surface area contributed by atoms with Crippen LogP contribution in [0.2, 0.25) is 0 Å². The average molecular weight is 203 g/mol. The molecule has 4 nitrogen and oxygen atoms in total. The molecule has 0 aromatic carbocycles. The van der Waals surface area contributed by atoms with Gasteiger partial charge in [0.1, 0.15) is 11.6 Å². The molecule has 1 aromatic heterocycles. The number of rotatable bonds is 2. The first kappa shape index (κ1) is 10.2. The molecular formula is C7H4F3N3O. The second-order valence-corrected chi connectivity index (χ2v) is 2.27. The third kappa shape index (κ3) is 2.90. The molecule has 0 spiro atoms. The van der Waals surface area contributed by atoms with E-state index >= 15 is 0 Å². The summed E-state index contributed by atoms with van der Waals surface area (Å²) < 4.78 is 39.4. The van der Waals surface area contributed by atoms with Crippen LogP contribution in [0.3, 0.4) is 0 Å². The molecule has 0 amide bonds. The topological polar surface area (TPSA) is 58.8 Å². The summed E-state index contributed by atoms with van der Waals surface area (Å²) in [6.45, 7) is -1.49. The van der Waals surface area contributed by atoms with Crippen LogP contribution in [-0.2, 0) is 0 Å². The molecule has 0 unspecified atom stereocenters. The number of aromatic nitrogens is 2. The number of nitriles is 1. The molecule has 0 atom stereocenters. The molecule has 1 heterocycles. The summed E-state index contributed by atoms with van der Waals surface area (Å²) in [5.41, 5.74) is -0.0794. The molecule has 0 aliphatic heterocycles. The molecule has 0 N–H and O–H groups in total. The van der Waals surface area contributed by atoms with Gasteiger partial charge in [-0.1, -0.05) is 0 Å². The Balaban J connectivity index is 2.73. The van der Waals surface area contributed by atoms with E-state index in [-0.39, 0.29) is 5.56 Å². The van der Waals surface area contributed by atoms with Gasteiger partial charge in [0.25, 0.3) is 5.88 Å². The second-order valence-electron chi connectivity index (χ2n) is 2.27. The monoisotopic (exact) mass is 203 g/mol. The van der Waals surface area contributed by atoms with Crippen LogP contribution < -0.4 is 4.74 Å². The third-order valence-corrected chi connectivity index (χ3v) is 1.18. The fourth-order valence-corrected chi connectivity index (χ4v) is 0.661. The Morgan fingerprint density at radius 3 is 2.79 bits per heavy atom. The van der Waals surface area contributed by atoms with E-state index in [4.69, 9.17) is 5.26 Å². The predicted molar refractivity (Wildman–Crippen MR) is 38.3 cm³/mol. The van der Waals surface area contributed by atoms with Crippen molar-refractivity contribution in [1.82, 2.24) is 10.2 Å². The summed E-state index contributed by atoms with van der Waals surface area (Å²) in [7, 11) is 0. The molecule has 0 aliphatic carbocycles. The summed E-state index contributed by atoms with van der Waals surface area (Å²) in [6, 6.07) is 2.86. The second kappa shape index (κ2) is 3.91. The van der Waals surface area contributed by atoms with Crippen LogP contribution in [0.25, 0.3) is 0 Å². The van der Waals surface area contributed by atoms with Crippen molar-refractivity contribution >= 4 is 0 Å². The standard InChI is InChI=1S/C7H4F3N3O/c8-7(9,10)4-14-6-5(3-11)1-2-12-13-6/h1-2H,4H2. The summed E-state index contributed by atoms with van der Waals surface area (Å²) in [5, 5.41) is 15.0. The van der Waals surface area contributed by atoms with Crippen LogP contribution in [0.5, 0.6) is 5.88 Å². The van der Waals surface area contributed by atoms with Crippen molar-refractivity contribution < 1.29 is 17.9 Å². The SMILES string of the molecule is N#Cc1ccnnc1OCC(F)(F)F. The van der Waals surface area contributed by atoms with E-state index in [2.05, 4.69) is 14.9 Å². The number of alkyl halides is 3. The lowest BCUT2D eigenvalue weighted by atomic mass is 10.3. The van der Waals surface area contributed by atoms with Crippen molar-refractivity contribution in [3.8, 4) is 11.9 Å². The molecule has 1 rings (SSSR count). The lowest BCUT2D eigenvalue weighted by Crippen LogP contribution is -2.20. The number of ether oxygens (including phenoxy) is 1. The van der Waals surface area contributed by atoms with E-state index in [1.165, 1.54) is 12.3 Å². The zero-order chi connectivity index (χ0) is 10.6. The highest BCUT2D eigenvalue weighted by Gasteiger charge is 2.29. The molecular weight excluding hydrogens is 199 g/mol. The van der Waals surface area contributed by atoms with Crippen molar-refractivity contribution in [2.24, 2.45) is 0 Å². The minimum Gasteiger partial charge on any atom is -0.466 e. The smallest absolute Gasteiger partial charge is 0.422 e. The normalized spacial score (nSPS) is 10.7. The van der Waals surface area contributed by atoms with E-state index in [0.717, 1.165) is 0 Å². The number of nitrogens with zero attached hydrogens (tertiary/aromatic N) is 3. The highest BCUT2D eigenvalue weighted by Crippen LogP contribution is 2.18. The first-order valence-corrected chi connectivity index (χ1v) is 3.44. The Bertz CT molecular complexity index is 358. The van der Waals surface area contributed by atoms with Gasteiger partial charge in [-0.2, -0.15) is 23.5 Å². The molecule has 0 bridgehead atoms. The van der Waals surface area contributed by atoms with Crippen LogP contribution >= 0.6 is 0 Å². The molecule has 0 radical (unpaired) electrons. The molecule has 7 heteroatoms. The maximum atomic E-state index is 11.7. The highest BCUT2D eigenvalue weighted by atomic mass is 19.4. The molecule has 1 aromatic rings. The number of halogens is 3. The first-order chi connectivity index (χ1) is 6.53. The first-order valence-electron chi connectivity index (χ1n) is 3.44. The largest absolute Gasteiger partial charge is 0.466 e. The van der Waals surface area contributed by atoms with Gasteiger partial charge in [0, 0.05) is 0 Å². The van der Waals surface area contributed by atoms with Crippen LogP contribution in [0.15, 0.2) is 12.3 Å². The highest BCUT2D eigenvalue weighted by molar-refractivity contribution is 5.35. The van der Waals surface area contributed by atoms with Crippen LogP contribution in [0.1, 0.15) is 5.56 Å². The summed E-state index contributed by atoms with van der Waals surface area (Å²) in [6.07, 6.45) is -3.26. The fraction of sp³-hybridized carbons (Fsp3) is 0.286. The quantitative estimate of drug-likeness (QED) is 0.726. The van der Waals surface area contributed by atoms with Crippen molar-refractivity contribution in [3.05, 3.63) is 17.8 Å². The van der Waals surface area contributed by atoms with Gasteiger partial charge in [0.2, 0.25) is 0 Å². The Morgan fingerprint density at radius 1 is 1.50 bits per heavy atom. The maximum Gasteiger partial charge on any atom is 0.422 e. The van der Waals surface area contributed by atoms with E-state index in [0.29, 0.717) is 0 Å². The third-order valence-electron chi connectivity index (χ3n) is 1.18.